The number of pyridine rings is 1. The highest BCUT2D eigenvalue weighted by Crippen LogP contribution is 2.19. The van der Waals surface area contributed by atoms with E-state index >= 15 is 0 Å². The van der Waals surface area contributed by atoms with Gasteiger partial charge in [-0.1, -0.05) is 12.8 Å². The molecule has 1 unspecified atom stereocenters. The summed E-state index contributed by atoms with van der Waals surface area (Å²) in [6.45, 7) is 0.918. The van der Waals surface area contributed by atoms with Crippen molar-refractivity contribution in [2.45, 2.75) is 31.7 Å². The first-order valence-electron chi connectivity index (χ1n) is 5.92. The number of carbonyl (C=O) groups is 1. The lowest BCUT2D eigenvalue weighted by Crippen LogP contribution is -2.40. The molecule has 5 heteroatoms. The van der Waals surface area contributed by atoms with Crippen LogP contribution in [0, 0.1) is 0 Å². The summed E-state index contributed by atoms with van der Waals surface area (Å²) in [4.78, 5) is 16.2. The van der Waals surface area contributed by atoms with Gasteiger partial charge in [-0.2, -0.15) is 0 Å². The molecule has 4 nitrogen and oxygen atoms in total. The number of nitrogens with one attached hydrogen (secondary N) is 2. The maximum atomic E-state index is 12.0. The van der Waals surface area contributed by atoms with Crippen molar-refractivity contribution in [1.82, 2.24) is 10.3 Å². The Labute approximate surface area is 109 Å². The molecule has 1 aliphatic rings. The zero-order chi connectivity index (χ0) is 12.1. The van der Waals surface area contributed by atoms with Gasteiger partial charge in [-0.05, 0) is 47.4 Å². The number of halogens is 1. The Morgan fingerprint density at radius 1 is 1.47 bits per heavy atom. The van der Waals surface area contributed by atoms with Gasteiger partial charge in [0.1, 0.15) is 5.82 Å². The van der Waals surface area contributed by atoms with E-state index in [-0.39, 0.29) is 11.9 Å². The zero-order valence-corrected chi connectivity index (χ0v) is 11.2. The Kier molecular flexibility index (Phi) is 4.50. The lowest BCUT2D eigenvalue weighted by molar-refractivity contribution is -0.118. The molecule has 2 heterocycles. The molecule has 92 valence electrons. The average Bonchev–Trinajstić information content (AvgIpc) is 2.61. The summed E-state index contributed by atoms with van der Waals surface area (Å²) < 4.78 is 0.807. The molecule has 1 aromatic heterocycles. The minimum atomic E-state index is -0.0913. The van der Waals surface area contributed by atoms with E-state index in [4.69, 9.17) is 0 Å². The summed E-state index contributed by atoms with van der Waals surface area (Å²) in [5, 5.41) is 6.11. The van der Waals surface area contributed by atoms with Crippen LogP contribution in [0.1, 0.15) is 25.7 Å². The van der Waals surface area contributed by atoms with E-state index in [1.165, 1.54) is 6.42 Å². The van der Waals surface area contributed by atoms with Gasteiger partial charge in [-0.15, -0.1) is 0 Å². The fourth-order valence-electron chi connectivity index (χ4n) is 1.93. The van der Waals surface area contributed by atoms with Gasteiger partial charge < -0.3 is 10.6 Å². The summed E-state index contributed by atoms with van der Waals surface area (Å²) in [5.74, 6) is 0.592. The second-order valence-corrected chi connectivity index (χ2v) is 5.03. The Balaban J connectivity index is 1.98. The van der Waals surface area contributed by atoms with Gasteiger partial charge in [0.15, 0.2) is 0 Å². The first-order chi connectivity index (χ1) is 8.27. The van der Waals surface area contributed by atoms with Crippen LogP contribution in [-0.2, 0) is 4.79 Å². The first kappa shape index (κ1) is 12.5. The standard InChI is InChI=1S/C12H16BrN3O/c13-9-5-4-8-15-11(9)16-12(17)10-6-2-1-3-7-14-10/h4-5,8,10,14H,1-3,6-7H2,(H,15,16,17). The van der Waals surface area contributed by atoms with Crippen molar-refractivity contribution in [2.24, 2.45) is 0 Å². The molecule has 2 rings (SSSR count). The zero-order valence-electron chi connectivity index (χ0n) is 9.58. The predicted octanol–water partition coefficient (Wildman–Crippen LogP) is 2.31. The van der Waals surface area contributed by atoms with Crippen LogP contribution in [-0.4, -0.2) is 23.5 Å². The molecular formula is C12H16BrN3O. The second kappa shape index (κ2) is 6.12. The van der Waals surface area contributed by atoms with Crippen molar-refractivity contribution in [3.63, 3.8) is 0 Å². The monoisotopic (exact) mass is 297 g/mol. The van der Waals surface area contributed by atoms with Crippen molar-refractivity contribution in [3.8, 4) is 0 Å². The van der Waals surface area contributed by atoms with Gasteiger partial charge in [-0.25, -0.2) is 4.98 Å². The van der Waals surface area contributed by atoms with E-state index in [9.17, 15) is 4.79 Å². The molecule has 0 saturated carbocycles. The van der Waals surface area contributed by atoms with E-state index in [0.717, 1.165) is 30.3 Å². The third-order valence-electron chi connectivity index (χ3n) is 2.88. The van der Waals surface area contributed by atoms with Crippen molar-refractivity contribution in [3.05, 3.63) is 22.8 Å². The molecule has 0 spiro atoms. The summed E-state index contributed by atoms with van der Waals surface area (Å²) in [5.41, 5.74) is 0. The molecule has 1 aliphatic heterocycles. The minimum absolute atomic E-state index is 0.00583. The van der Waals surface area contributed by atoms with E-state index in [1.54, 1.807) is 6.20 Å². The molecule has 0 bridgehead atoms. The van der Waals surface area contributed by atoms with Crippen molar-refractivity contribution < 1.29 is 4.79 Å². The second-order valence-electron chi connectivity index (χ2n) is 4.18. The molecule has 1 saturated heterocycles. The van der Waals surface area contributed by atoms with Crippen molar-refractivity contribution >= 4 is 27.7 Å². The number of anilines is 1. The Morgan fingerprint density at radius 2 is 2.35 bits per heavy atom. The van der Waals surface area contributed by atoms with Gasteiger partial charge in [0.25, 0.3) is 0 Å². The van der Waals surface area contributed by atoms with Gasteiger partial charge in [-0.3, -0.25) is 4.79 Å². The van der Waals surface area contributed by atoms with Gasteiger partial charge in [0.2, 0.25) is 5.91 Å². The van der Waals surface area contributed by atoms with Gasteiger partial charge >= 0.3 is 0 Å². The third kappa shape index (κ3) is 3.51. The average molecular weight is 298 g/mol. The fraction of sp³-hybridized carbons (Fsp3) is 0.500. The maximum Gasteiger partial charge on any atom is 0.242 e. The molecule has 1 amide bonds. The highest BCUT2D eigenvalue weighted by molar-refractivity contribution is 9.10. The van der Waals surface area contributed by atoms with Crippen molar-refractivity contribution in [1.29, 1.82) is 0 Å². The largest absolute Gasteiger partial charge is 0.308 e. The minimum Gasteiger partial charge on any atom is -0.308 e. The molecule has 0 aromatic carbocycles. The highest BCUT2D eigenvalue weighted by atomic mass is 79.9. The topological polar surface area (TPSA) is 54.0 Å². The van der Waals surface area contributed by atoms with Crippen molar-refractivity contribution in [2.75, 3.05) is 11.9 Å². The van der Waals surface area contributed by atoms with E-state index < -0.39 is 0 Å². The summed E-state index contributed by atoms with van der Waals surface area (Å²) in [6.07, 6.45) is 6.02. The Morgan fingerprint density at radius 3 is 3.18 bits per heavy atom. The van der Waals surface area contributed by atoms with Crippen LogP contribution in [0.5, 0.6) is 0 Å². The smallest absolute Gasteiger partial charge is 0.242 e. The molecule has 0 aliphatic carbocycles. The van der Waals surface area contributed by atoms with E-state index in [2.05, 4.69) is 31.5 Å². The number of carbonyl (C=O) groups excluding carboxylic acids is 1. The van der Waals surface area contributed by atoms with Gasteiger partial charge in [0, 0.05) is 6.20 Å². The maximum absolute atomic E-state index is 12.0. The third-order valence-corrected chi connectivity index (χ3v) is 3.52. The molecule has 1 atom stereocenters. The summed E-state index contributed by atoms with van der Waals surface area (Å²) in [6, 6.07) is 3.60. The van der Waals surface area contributed by atoms with E-state index in [1.807, 2.05) is 12.1 Å². The number of nitrogens with zero attached hydrogens (tertiary/aromatic N) is 1. The lowest BCUT2D eigenvalue weighted by atomic mass is 10.1. The van der Waals surface area contributed by atoms with Crippen LogP contribution in [0.25, 0.3) is 0 Å². The normalized spacial score (nSPS) is 20.6. The SMILES string of the molecule is O=C(Nc1ncccc1Br)C1CCCCCN1. The highest BCUT2D eigenvalue weighted by Gasteiger charge is 2.20. The number of rotatable bonds is 2. The van der Waals surface area contributed by atoms with E-state index in [0.29, 0.717) is 5.82 Å². The molecule has 1 aromatic rings. The number of hydrogen-bond acceptors (Lipinski definition) is 3. The van der Waals surface area contributed by atoms with Gasteiger partial charge in [0.05, 0.1) is 10.5 Å². The molecule has 17 heavy (non-hydrogen) atoms. The first-order valence-corrected chi connectivity index (χ1v) is 6.71. The molecule has 0 radical (unpaired) electrons. The Hall–Kier alpha value is -0.940. The van der Waals surface area contributed by atoms with Crippen LogP contribution < -0.4 is 10.6 Å². The molecule has 1 fully saturated rings. The van der Waals surface area contributed by atoms with Crippen LogP contribution >= 0.6 is 15.9 Å². The number of aromatic nitrogens is 1. The lowest BCUT2D eigenvalue weighted by Gasteiger charge is -2.15. The summed E-state index contributed by atoms with van der Waals surface area (Å²) >= 11 is 3.37. The van der Waals surface area contributed by atoms with Crippen LogP contribution in [0.3, 0.4) is 0 Å². The van der Waals surface area contributed by atoms with Crippen LogP contribution in [0.15, 0.2) is 22.8 Å². The summed E-state index contributed by atoms with van der Waals surface area (Å²) in [7, 11) is 0. The van der Waals surface area contributed by atoms with Crippen LogP contribution in [0.4, 0.5) is 5.82 Å². The Bertz CT molecular complexity index is 389. The number of amides is 1. The predicted molar refractivity (Wildman–Crippen MR) is 70.8 cm³/mol. The molecular weight excluding hydrogens is 282 g/mol. The number of hydrogen-bond donors (Lipinski definition) is 2. The van der Waals surface area contributed by atoms with Crippen LogP contribution in [0.2, 0.25) is 0 Å². The fourth-order valence-corrected chi connectivity index (χ4v) is 2.29. The quantitative estimate of drug-likeness (QED) is 0.881. The molecule has 2 N–H and O–H groups in total.